The molecular formula is C24H23NO4. The van der Waals surface area contributed by atoms with Crippen molar-refractivity contribution in [1.82, 2.24) is 0 Å². The molecular weight excluding hydrogens is 366 g/mol. The molecule has 0 heterocycles. The Balaban J connectivity index is 1.78. The van der Waals surface area contributed by atoms with Crippen LogP contribution in [0.1, 0.15) is 28.4 Å². The lowest BCUT2D eigenvalue weighted by Gasteiger charge is -2.14. The number of anilines is 1. The number of para-hydroxylation sites is 2. The van der Waals surface area contributed by atoms with Crippen molar-refractivity contribution < 1.29 is 19.1 Å². The Labute approximate surface area is 170 Å². The number of nitrogens with one attached hydrogen (secondary N) is 1. The molecule has 5 heteroatoms. The number of carbonyl (C=O) groups excluding carboxylic acids is 2. The standard InChI is InChI=1S/C24H23NO4/c1-16-7-6-8-20(13-16)29-23-10-5-4-9-21(23)25-24(27)15-19-14-18(17(2)26)11-12-22(19)28-3/h4-14H,15H2,1-3H3,(H,25,27). The van der Waals surface area contributed by atoms with Crippen LogP contribution in [0.15, 0.2) is 66.7 Å². The number of hydrogen-bond acceptors (Lipinski definition) is 4. The van der Waals surface area contributed by atoms with Gasteiger partial charge in [-0.25, -0.2) is 0 Å². The molecule has 0 unspecified atom stereocenters. The van der Waals surface area contributed by atoms with Gasteiger partial charge in [0.05, 0.1) is 19.2 Å². The fraction of sp³-hybridized carbons (Fsp3) is 0.167. The summed E-state index contributed by atoms with van der Waals surface area (Å²) in [5.74, 6) is 1.52. The normalized spacial score (nSPS) is 10.3. The van der Waals surface area contributed by atoms with Crippen LogP contribution in [0.3, 0.4) is 0 Å². The number of rotatable bonds is 7. The molecule has 0 radical (unpaired) electrons. The van der Waals surface area contributed by atoms with Crippen molar-refractivity contribution in [3.8, 4) is 17.2 Å². The average Bonchev–Trinajstić information content (AvgIpc) is 2.69. The van der Waals surface area contributed by atoms with Crippen LogP contribution in [-0.2, 0) is 11.2 Å². The highest BCUT2D eigenvalue weighted by atomic mass is 16.5. The van der Waals surface area contributed by atoms with Crippen molar-refractivity contribution in [2.75, 3.05) is 12.4 Å². The van der Waals surface area contributed by atoms with Gasteiger partial charge in [-0.1, -0.05) is 24.3 Å². The molecule has 0 fully saturated rings. The molecule has 29 heavy (non-hydrogen) atoms. The predicted octanol–water partition coefficient (Wildman–Crippen LogP) is 5.18. The number of amides is 1. The van der Waals surface area contributed by atoms with Crippen molar-refractivity contribution in [3.05, 3.63) is 83.4 Å². The number of ketones is 1. The van der Waals surface area contributed by atoms with E-state index in [0.717, 1.165) is 5.56 Å². The first-order valence-corrected chi connectivity index (χ1v) is 9.27. The number of hydrogen-bond donors (Lipinski definition) is 1. The molecule has 0 aliphatic rings. The minimum Gasteiger partial charge on any atom is -0.496 e. The zero-order chi connectivity index (χ0) is 20.8. The first-order valence-electron chi connectivity index (χ1n) is 9.27. The molecule has 3 aromatic rings. The van der Waals surface area contributed by atoms with Crippen molar-refractivity contribution >= 4 is 17.4 Å². The van der Waals surface area contributed by atoms with E-state index in [0.29, 0.717) is 34.1 Å². The van der Waals surface area contributed by atoms with Gasteiger partial charge in [0.1, 0.15) is 11.5 Å². The maximum Gasteiger partial charge on any atom is 0.229 e. The molecule has 0 saturated heterocycles. The number of ether oxygens (including phenoxy) is 2. The van der Waals surface area contributed by atoms with Crippen LogP contribution in [0.25, 0.3) is 0 Å². The van der Waals surface area contributed by atoms with Crippen LogP contribution in [0.2, 0.25) is 0 Å². The fourth-order valence-electron chi connectivity index (χ4n) is 2.97. The van der Waals surface area contributed by atoms with Crippen LogP contribution in [-0.4, -0.2) is 18.8 Å². The van der Waals surface area contributed by atoms with Crippen molar-refractivity contribution in [1.29, 1.82) is 0 Å². The van der Waals surface area contributed by atoms with Crippen LogP contribution < -0.4 is 14.8 Å². The summed E-state index contributed by atoms with van der Waals surface area (Å²) in [6.45, 7) is 3.48. The molecule has 148 valence electrons. The molecule has 5 nitrogen and oxygen atoms in total. The quantitative estimate of drug-likeness (QED) is 0.566. The Morgan fingerprint density at radius 1 is 0.931 bits per heavy atom. The van der Waals surface area contributed by atoms with E-state index < -0.39 is 0 Å². The number of aryl methyl sites for hydroxylation is 1. The summed E-state index contributed by atoms with van der Waals surface area (Å²) in [6.07, 6.45) is 0.0725. The lowest BCUT2D eigenvalue weighted by Crippen LogP contribution is -2.15. The van der Waals surface area contributed by atoms with E-state index in [-0.39, 0.29) is 18.1 Å². The van der Waals surface area contributed by atoms with E-state index in [9.17, 15) is 9.59 Å². The van der Waals surface area contributed by atoms with Gasteiger partial charge in [0.15, 0.2) is 11.5 Å². The van der Waals surface area contributed by atoms with E-state index in [1.165, 1.54) is 14.0 Å². The van der Waals surface area contributed by atoms with Gasteiger partial charge < -0.3 is 14.8 Å². The maximum absolute atomic E-state index is 12.7. The van der Waals surface area contributed by atoms with Gasteiger partial charge in [0.25, 0.3) is 0 Å². The molecule has 0 aliphatic carbocycles. The van der Waals surface area contributed by atoms with Crippen LogP contribution in [0.5, 0.6) is 17.2 Å². The highest BCUT2D eigenvalue weighted by molar-refractivity contribution is 5.96. The zero-order valence-corrected chi connectivity index (χ0v) is 16.7. The Morgan fingerprint density at radius 3 is 2.45 bits per heavy atom. The second-order valence-electron chi connectivity index (χ2n) is 6.72. The third kappa shape index (κ3) is 5.23. The highest BCUT2D eigenvalue weighted by Crippen LogP contribution is 2.30. The van der Waals surface area contributed by atoms with Crippen LogP contribution in [0.4, 0.5) is 5.69 Å². The van der Waals surface area contributed by atoms with Crippen molar-refractivity contribution in [2.45, 2.75) is 20.3 Å². The van der Waals surface area contributed by atoms with Gasteiger partial charge in [0, 0.05) is 11.1 Å². The summed E-state index contributed by atoms with van der Waals surface area (Å²) in [5.41, 5.74) is 2.84. The molecule has 0 spiro atoms. The molecule has 1 amide bonds. The fourth-order valence-corrected chi connectivity index (χ4v) is 2.97. The highest BCUT2D eigenvalue weighted by Gasteiger charge is 2.14. The van der Waals surface area contributed by atoms with E-state index in [1.54, 1.807) is 30.3 Å². The Bertz CT molecular complexity index is 1040. The number of benzene rings is 3. The SMILES string of the molecule is COc1ccc(C(C)=O)cc1CC(=O)Nc1ccccc1Oc1cccc(C)c1. The summed E-state index contributed by atoms with van der Waals surface area (Å²) in [7, 11) is 1.54. The van der Waals surface area contributed by atoms with E-state index in [1.807, 2.05) is 43.3 Å². The van der Waals surface area contributed by atoms with Gasteiger partial charge >= 0.3 is 0 Å². The third-order valence-electron chi connectivity index (χ3n) is 4.42. The second-order valence-corrected chi connectivity index (χ2v) is 6.72. The molecule has 1 N–H and O–H groups in total. The molecule has 0 aromatic heterocycles. The Morgan fingerprint density at radius 2 is 1.72 bits per heavy atom. The number of carbonyl (C=O) groups is 2. The largest absolute Gasteiger partial charge is 0.496 e. The van der Waals surface area contributed by atoms with Gasteiger partial charge in [-0.15, -0.1) is 0 Å². The van der Waals surface area contributed by atoms with Gasteiger partial charge in [-0.2, -0.15) is 0 Å². The Kier molecular flexibility index (Phi) is 6.29. The monoisotopic (exact) mass is 389 g/mol. The topological polar surface area (TPSA) is 64.6 Å². The van der Waals surface area contributed by atoms with Gasteiger partial charge in [-0.05, 0) is 61.9 Å². The summed E-state index contributed by atoms with van der Waals surface area (Å²) < 4.78 is 11.3. The molecule has 0 bridgehead atoms. The minimum absolute atomic E-state index is 0.0637. The van der Waals surface area contributed by atoms with Crippen molar-refractivity contribution in [3.63, 3.8) is 0 Å². The lowest BCUT2D eigenvalue weighted by molar-refractivity contribution is -0.115. The van der Waals surface area contributed by atoms with E-state index in [4.69, 9.17) is 9.47 Å². The maximum atomic E-state index is 12.7. The first kappa shape index (κ1) is 20.1. The molecule has 3 rings (SSSR count). The smallest absolute Gasteiger partial charge is 0.229 e. The van der Waals surface area contributed by atoms with Crippen molar-refractivity contribution in [2.24, 2.45) is 0 Å². The summed E-state index contributed by atoms with van der Waals surface area (Å²) in [4.78, 5) is 24.3. The molecule has 3 aromatic carbocycles. The Hall–Kier alpha value is -3.60. The summed E-state index contributed by atoms with van der Waals surface area (Å²) in [5, 5.41) is 2.89. The minimum atomic E-state index is -0.232. The first-order chi connectivity index (χ1) is 14.0. The van der Waals surface area contributed by atoms with Gasteiger partial charge in [0.2, 0.25) is 5.91 Å². The lowest BCUT2D eigenvalue weighted by atomic mass is 10.0. The number of Topliss-reactive ketones (excluding diaryl/α,β-unsaturated/α-hetero) is 1. The molecule has 0 aliphatic heterocycles. The van der Waals surface area contributed by atoms with Gasteiger partial charge in [-0.3, -0.25) is 9.59 Å². The van der Waals surface area contributed by atoms with Crippen LogP contribution in [0, 0.1) is 6.92 Å². The summed E-state index contributed by atoms with van der Waals surface area (Å²) in [6, 6.07) is 20.0. The zero-order valence-electron chi connectivity index (χ0n) is 16.7. The van der Waals surface area contributed by atoms with E-state index >= 15 is 0 Å². The second kappa shape index (κ2) is 9.06. The van der Waals surface area contributed by atoms with E-state index in [2.05, 4.69) is 5.32 Å². The molecule has 0 atom stereocenters. The average molecular weight is 389 g/mol. The van der Waals surface area contributed by atoms with Crippen LogP contribution >= 0.6 is 0 Å². The third-order valence-corrected chi connectivity index (χ3v) is 4.42. The predicted molar refractivity (Wildman–Crippen MR) is 113 cm³/mol. The molecule has 0 saturated carbocycles. The number of methoxy groups -OCH3 is 1. The summed E-state index contributed by atoms with van der Waals surface area (Å²) >= 11 is 0.